The van der Waals surface area contributed by atoms with Crippen molar-refractivity contribution in [1.29, 1.82) is 0 Å². The van der Waals surface area contributed by atoms with Crippen LogP contribution in [-0.2, 0) is 4.79 Å². The van der Waals surface area contributed by atoms with E-state index in [0.29, 0.717) is 21.8 Å². The minimum absolute atomic E-state index is 0.00631. The van der Waals surface area contributed by atoms with Crippen molar-refractivity contribution in [3.05, 3.63) is 23.2 Å². The first-order valence-electron chi connectivity index (χ1n) is 8.29. The molecule has 1 aromatic heterocycles. The average Bonchev–Trinajstić information content (AvgIpc) is 3.08. The highest BCUT2D eigenvalue weighted by molar-refractivity contribution is 7.99. The maximum atomic E-state index is 11.8. The summed E-state index contributed by atoms with van der Waals surface area (Å²) in [5, 5.41) is 11.0. The monoisotopic (exact) mass is 382 g/mol. The molecule has 0 saturated heterocycles. The fraction of sp³-hybridized carbons (Fsp3) is 0.471. The van der Waals surface area contributed by atoms with Gasteiger partial charge >= 0.3 is 0 Å². The molecule has 0 unspecified atom stereocenters. The average molecular weight is 383 g/mol. The number of rotatable bonds is 10. The Balaban J connectivity index is 1.85. The molecule has 0 aliphatic rings. The summed E-state index contributed by atoms with van der Waals surface area (Å²) in [6.07, 6.45) is 4.56. The van der Waals surface area contributed by atoms with E-state index in [4.69, 9.17) is 16.3 Å². The Hall–Kier alpha value is -1.73. The lowest BCUT2D eigenvalue weighted by Gasteiger charge is -2.05. The summed E-state index contributed by atoms with van der Waals surface area (Å²) < 4.78 is 5.32. The third-order valence-corrected chi connectivity index (χ3v) is 4.65. The minimum Gasteiger partial charge on any atom is -0.496 e. The van der Waals surface area contributed by atoms with Gasteiger partial charge in [-0.05, 0) is 24.6 Å². The lowest BCUT2D eigenvalue weighted by Crippen LogP contribution is -2.26. The number of hydrogen-bond donors (Lipinski definition) is 2. The van der Waals surface area contributed by atoms with Gasteiger partial charge in [0.2, 0.25) is 11.1 Å². The molecular weight excluding hydrogens is 360 g/mol. The van der Waals surface area contributed by atoms with E-state index in [2.05, 4.69) is 27.4 Å². The van der Waals surface area contributed by atoms with Crippen molar-refractivity contribution in [2.45, 2.75) is 37.8 Å². The molecule has 1 aromatic carbocycles. The van der Waals surface area contributed by atoms with Crippen LogP contribution in [0.15, 0.2) is 23.4 Å². The van der Waals surface area contributed by atoms with Gasteiger partial charge in [-0.25, -0.2) is 4.98 Å². The van der Waals surface area contributed by atoms with Gasteiger partial charge < -0.3 is 10.1 Å². The second kappa shape index (κ2) is 10.3. The van der Waals surface area contributed by atoms with Gasteiger partial charge in [-0.15, -0.1) is 5.10 Å². The fourth-order valence-corrected chi connectivity index (χ4v) is 3.06. The van der Waals surface area contributed by atoms with E-state index in [1.807, 2.05) is 0 Å². The summed E-state index contributed by atoms with van der Waals surface area (Å²) >= 11 is 7.33. The van der Waals surface area contributed by atoms with E-state index in [9.17, 15) is 4.79 Å². The highest BCUT2D eigenvalue weighted by Gasteiger charge is 2.13. The maximum absolute atomic E-state index is 11.8. The molecule has 25 heavy (non-hydrogen) atoms. The summed E-state index contributed by atoms with van der Waals surface area (Å²) in [4.78, 5) is 16.2. The van der Waals surface area contributed by atoms with Crippen molar-refractivity contribution in [2.24, 2.45) is 0 Å². The number of aromatic nitrogens is 3. The van der Waals surface area contributed by atoms with Crippen LogP contribution in [0, 0.1) is 0 Å². The van der Waals surface area contributed by atoms with Crippen LogP contribution in [0.1, 0.15) is 32.6 Å². The largest absolute Gasteiger partial charge is 0.496 e. The topological polar surface area (TPSA) is 79.9 Å². The van der Waals surface area contributed by atoms with E-state index < -0.39 is 0 Å². The number of amides is 1. The minimum atomic E-state index is -0.00631. The third kappa shape index (κ3) is 6.25. The summed E-state index contributed by atoms with van der Waals surface area (Å²) in [5.74, 6) is 1.49. The molecule has 0 spiro atoms. The first-order chi connectivity index (χ1) is 12.1. The second-order valence-electron chi connectivity index (χ2n) is 5.51. The number of halogens is 1. The van der Waals surface area contributed by atoms with Crippen LogP contribution < -0.4 is 10.1 Å². The van der Waals surface area contributed by atoms with Gasteiger partial charge in [0, 0.05) is 11.6 Å². The van der Waals surface area contributed by atoms with Crippen molar-refractivity contribution in [3.8, 4) is 17.1 Å². The molecule has 136 valence electrons. The molecule has 2 N–H and O–H groups in total. The highest BCUT2D eigenvalue weighted by Crippen LogP contribution is 2.31. The number of carbonyl (C=O) groups excluding carboxylic acids is 1. The van der Waals surface area contributed by atoms with Crippen molar-refractivity contribution in [2.75, 3.05) is 19.4 Å². The number of hydrogen-bond acceptors (Lipinski definition) is 5. The molecular formula is C17H23ClN4O2S. The molecule has 0 atom stereocenters. The van der Waals surface area contributed by atoms with E-state index in [0.717, 1.165) is 24.9 Å². The Bertz CT molecular complexity index is 693. The molecule has 8 heteroatoms. The van der Waals surface area contributed by atoms with E-state index in [1.165, 1.54) is 24.6 Å². The molecule has 0 saturated carbocycles. The smallest absolute Gasteiger partial charge is 0.230 e. The molecule has 0 aliphatic heterocycles. The first-order valence-corrected chi connectivity index (χ1v) is 9.66. The van der Waals surface area contributed by atoms with Crippen molar-refractivity contribution in [1.82, 2.24) is 20.5 Å². The van der Waals surface area contributed by atoms with Gasteiger partial charge in [0.05, 0.1) is 18.4 Å². The van der Waals surface area contributed by atoms with Crippen LogP contribution in [0.25, 0.3) is 11.4 Å². The number of nitrogens with zero attached hydrogens (tertiary/aromatic N) is 2. The van der Waals surface area contributed by atoms with Gasteiger partial charge in [-0.3, -0.25) is 9.89 Å². The standard InChI is InChI=1S/C17H23ClN4O2S/c1-3-4-5-6-9-19-15(23)11-25-17-20-16(21-22-17)13-10-12(18)7-8-14(13)24-2/h7-8,10H,3-6,9,11H2,1-2H3,(H,19,23)(H,20,21,22). The number of H-pyrrole nitrogens is 1. The van der Waals surface area contributed by atoms with Gasteiger partial charge in [0.25, 0.3) is 0 Å². The van der Waals surface area contributed by atoms with Crippen molar-refractivity contribution < 1.29 is 9.53 Å². The van der Waals surface area contributed by atoms with Crippen LogP contribution in [0.5, 0.6) is 5.75 Å². The Kier molecular flexibility index (Phi) is 8.08. The van der Waals surface area contributed by atoms with E-state index >= 15 is 0 Å². The first kappa shape index (κ1) is 19.6. The number of carbonyl (C=O) groups is 1. The van der Waals surface area contributed by atoms with E-state index in [1.54, 1.807) is 25.3 Å². The zero-order valence-corrected chi connectivity index (χ0v) is 16.0. The fourth-order valence-electron chi connectivity index (χ4n) is 2.26. The number of aromatic amines is 1. The van der Waals surface area contributed by atoms with Gasteiger partial charge in [0.15, 0.2) is 5.82 Å². The summed E-state index contributed by atoms with van der Waals surface area (Å²) in [5.41, 5.74) is 0.731. The summed E-state index contributed by atoms with van der Waals surface area (Å²) in [6.45, 7) is 2.89. The van der Waals surface area contributed by atoms with Gasteiger partial charge in [-0.2, -0.15) is 0 Å². The highest BCUT2D eigenvalue weighted by atomic mass is 35.5. The Morgan fingerprint density at radius 2 is 2.20 bits per heavy atom. The van der Waals surface area contributed by atoms with Crippen molar-refractivity contribution >= 4 is 29.3 Å². The lowest BCUT2D eigenvalue weighted by molar-refractivity contribution is -0.118. The van der Waals surface area contributed by atoms with Crippen LogP contribution >= 0.6 is 23.4 Å². The molecule has 6 nitrogen and oxygen atoms in total. The lowest BCUT2D eigenvalue weighted by atomic mass is 10.2. The predicted molar refractivity (Wildman–Crippen MR) is 101 cm³/mol. The number of thioether (sulfide) groups is 1. The van der Waals surface area contributed by atoms with Gasteiger partial charge in [-0.1, -0.05) is 49.5 Å². The Morgan fingerprint density at radius 3 is 2.96 bits per heavy atom. The molecule has 0 radical (unpaired) electrons. The van der Waals surface area contributed by atoms with Crippen molar-refractivity contribution in [3.63, 3.8) is 0 Å². The Morgan fingerprint density at radius 1 is 1.36 bits per heavy atom. The quantitative estimate of drug-likeness (QED) is 0.480. The molecule has 2 rings (SSSR count). The zero-order chi connectivity index (χ0) is 18.1. The predicted octanol–water partition coefficient (Wildman–Crippen LogP) is 3.92. The third-order valence-electron chi connectivity index (χ3n) is 3.57. The van der Waals surface area contributed by atoms with E-state index in [-0.39, 0.29) is 11.7 Å². The number of ether oxygens (including phenoxy) is 1. The maximum Gasteiger partial charge on any atom is 0.230 e. The van der Waals surface area contributed by atoms with Gasteiger partial charge in [0.1, 0.15) is 5.75 Å². The number of unbranched alkanes of at least 4 members (excludes halogenated alkanes) is 3. The second-order valence-corrected chi connectivity index (χ2v) is 6.89. The van der Waals surface area contributed by atoms with Crippen LogP contribution in [-0.4, -0.2) is 40.5 Å². The molecule has 0 fully saturated rings. The molecule has 2 aromatic rings. The van der Waals surface area contributed by atoms with Crippen LogP contribution in [0.2, 0.25) is 5.02 Å². The molecule has 0 aliphatic carbocycles. The molecule has 0 bridgehead atoms. The normalized spacial score (nSPS) is 10.7. The number of benzene rings is 1. The number of methoxy groups -OCH3 is 1. The Labute approximate surface area is 157 Å². The molecule has 1 heterocycles. The number of nitrogens with one attached hydrogen (secondary N) is 2. The summed E-state index contributed by atoms with van der Waals surface area (Å²) in [6, 6.07) is 5.29. The zero-order valence-electron chi connectivity index (χ0n) is 14.5. The van der Waals surface area contributed by atoms with Crippen LogP contribution in [0.3, 0.4) is 0 Å². The molecule has 1 amide bonds. The summed E-state index contributed by atoms with van der Waals surface area (Å²) in [7, 11) is 1.59. The SMILES string of the molecule is CCCCCCNC(=O)CSc1n[nH]c(-c2cc(Cl)ccc2OC)n1. The van der Waals surface area contributed by atoms with Crippen LogP contribution in [0.4, 0.5) is 0 Å².